The first-order chi connectivity index (χ1) is 26.3. The van der Waals surface area contributed by atoms with E-state index >= 15 is 0 Å². The second-order valence-electron chi connectivity index (χ2n) is 12.0. The van der Waals surface area contributed by atoms with Crippen LogP contribution in [0.25, 0.3) is 0 Å². The van der Waals surface area contributed by atoms with Crippen LogP contribution in [0, 0.1) is 12.3 Å². The molecular weight excluding hydrogens is 775 g/mol. The summed E-state index contributed by atoms with van der Waals surface area (Å²) in [4.78, 5) is 3.80. The van der Waals surface area contributed by atoms with Gasteiger partial charge >= 0.3 is 17.1 Å². The van der Waals surface area contributed by atoms with E-state index in [9.17, 15) is 0 Å². The molecule has 0 fully saturated rings. The van der Waals surface area contributed by atoms with Gasteiger partial charge in [-0.1, -0.05) is 206 Å². The van der Waals surface area contributed by atoms with Crippen LogP contribution in [0.3, 0.4) is 0 Å². The Kier molecular flexibility index (Phi) is 15.9. The van der Waals surface area contributed by atoms with Crippen LogP contribution < -0.4 is 47.7 Å². The number of hydrogen-bond donors (Lipinski definition) is 0. The van der Waals surface area contributed by atoms with Crippen molar-refractivity contribution in [1.82, 2.24) is 4.98 Å². The Morgan fingerprint density at radius 1 is 0.327 bits per heavy atom. The molecule has 272 valence electrons. The fraction of sp³-hybridized carbons (Fsp3) is 0. The zero-order valence-electron chi connectivity index (χ0n) is 30.0. The molecule has 0 saturated heterocycles. The Hall–Kier alpha value is -4.98. The average molecular weight is 814 g/mol. The van der Waals surface area contributed by atoms with Crippen molar-refractivity contribution in [1.29, 1.82) is 0 Å². The molecule has 8 rings (SSSR count). The van der Waals surface area contributed by atoms with E-state index < -0.39 is 23.8 Å². The molecule has 0 bridgehead atoms. The molecule has 0 saturated carbocycles. The molecule has 1 heterocycles. The van der Waals surface area contributed by atoms with Gasteiger partial charge in [-0.3, -0.25) is 5.92 Å². The number of benzene rings is 7. The fourth-order valence-electron chi connectivity index (χ4n) is 6.27. The van der Waals surface area contributed by atoms with Crippen molar-refractivity contribution in [3.05, 3.63) is 237 Å². The summed E-state index contributed by atoms with van der Waals surface area (Å²) in [6, 6.07) is 79.4. The van der Waals surface area contributed by atoms with E-state index in [0.29, 0.717) is 5.69 Å². The zero-order chi connectivity index (χ0) is 36.1. The zero-order valence-corrected chi connectivity index (χ0v) is 33.6. The minimum Gasteiger partial charge on any atom is -0.412 e. The van der Waals surface area contributed by atoms with Gasteiger partial charge in [-0.2, -0.15) is 0 Å². The molecule has 7 aromatic carbocycles. The Bertz CT molecular complexity index is 2160. The van der Waals surface area contributed by atoms with Gasteiger partial charge in [0.05, 0.1) is 0 Å². The predicted octanol–water partition coefficient (Wildman–Crippen LogP) is 7.15. The van der Waals surface area contributed by atoms with Crippen LogP contribution in [-0.4, -0.2) is 10.5 Å². The molecule has 0 spiro atoms. The Labute approximate surface area is 339 Å². The fourth-order valence-corrected chi connectivity index (χ4v) is 14.5. The minimum absolute atomic E-state index is 0. The van der Waals surface area contributed by atoms with E-state index in [-0.39, 0.29) is 22.5 Å². The van der Waals surface area contributed by atoms with Crippen molar-refractivity contribution in [3.8, 4) is 5.92 Å². The van der Waals surface area contributed by atoms with Gasteiger partial charge in [0.1, 0.15) is 0 Å². The monoisotopic (exact) mass is 813 g/mol. The van der Waals surface area contributed by atoms with Gasteiger partial charge in [-0.05, 0) is 83.3 Å². The van der Waals surface area contributed by atoms with Crippen LogP contribution in [0.2, 0.25) is 0 Å². The molecule has 0 atom stereocenters. The standard InChI is InChI=1S/C42H33P3.C7H4N.Cu.H2O/c1-6-20-34(21-7-1)43(35-22-8-2-9-23-35)39-30-16-18-32-41(39)45(38-28-14-5-15-29-38)42-33-19-17-31-40(42)44(36-24-10-3-11-25-36)37-26-12-4-13-27-37;1-2-7-5-3-4-6-8-7;;/h1-33H;3-6H;;1H2/q;-1;+1;. The average Bonchev–Trinajstić information content (AvgIpc) is 3.25. The molecule has 8 aromatic rings. The topological polar surface area (TPSA) is 44.4 Å². The number of aromatic nitrogens is 1. The minimum atomic E-state index is -0.882. The second-order valence-corrected chi connectivity index (χ2v) is 18.5. The third kappa shape index (κ3) is 10.2. The van der Waals surface area contributed by atoms with Crippen LogP contribution in [0.5, 0.6) is 0 Å². The van der Waals surface area contributed by atoms with Crippen LogP contribution in [0.4, 0.5) is 0 Å². The largest absolute Gasteiger partial charge is 1.00 e. The van der Waals surface area contributed by atoms with E-state index in [1.54, 1.807) is 18.3 Å². The van der Waals surface area contributed by atoms with Gasteiger partial charge in [0, 0.05) is 6.20 Å². The van der Waals surface area contributed by atoms with E-state index in [2.05, 4.69) is 211 Å². The summed E-state index contributed by atoms with van der Waals surface area (Å²) in [5.74, 6) is 2.17. The molecule has 6 heteroatoms. The molecule has 0 radical (unpaired) electrons. The first kappa shape index (κ1) is 41.2. The van der Waals surface area contributed by atoms with E-state index in [4.69, 9.17) is 6.42 Å². The summed E-state index contributed by atoms with van der Waals surface area (Å²) in [7, 11) is -2.42. The quantitative estimate of drug-likeness (QED) is 0.0662. The maximum atomic E-state index is 6.63. The molecule has 0 amide bonds. The van der Waals surface area contributed by atoms with Gasteiger partial charge in [-0.25, -0.2) is 0 Å². The SMILES string of the molecule is O.[C-]#Cc1ccccn1.[Cu+].c1ccc(P(c2ccccc2)c2ccccc2P(c2ccccc2)c2ccccc2P(c2ccccc2)c2ccccc2)cc1. The molecule has 1 aromatic heterocycles. The number of pyridine rings is 1. The van der Waals surface area contributed by atoms with Gasteiger partial charge in [0.2, 0.25) is 0 Å². The summed E-state index contributed by atoms with van der Waals surface area (Å²) in [6.45, 7) is 0. The van der Waals surface area contributed by atoms with Gasteiger partial charge < -0.3 is 16.9 Å². The molecule has 0 aliphatic carbocycles. The number of hydrogen-bond acceptors (Lipinski definition) is 1. The maximum absolute atomic E-state index is 6.63. The second kappa shape index (κ2) is 21.2. The third-order valence-electron chi connectivity index (χ3n) is 8.59. The van der Waals surface area contributed by atoms with Crippen LogP contribution >= 0.6 is 23.8 Å². The Morgan fingerprint density at radius 2 is 0.582 bits per heavy atom. The van der Waals surface area contributed by atoms with Gasteiger partial charge in [0.15, 0.2) is 0 Å². The number of nitrogens with zero attached hydrogens (tertiary/aromatic N) is 1. The first-order valence-corrected chi connectivity index (χ1v) is 21.5. The van der Waals surface area contributed by atoms with Crippen molar-refractivity contribution in [3.63, 3.8) is 0 Å². The summed E-state index contributed by atoms with van der Waals surface area (Å²) in [5.41, 5.74) is 0.576. The molecule has 55 heavy (non-hydrogen) atoms. The van der Waals surface area contributed by atoms with Gasteiger partial charge in [0.25, 0.3) is 0 Å². The van der Waals surface area contributed by atoms with Crippen LogP contribution in [-0.2, 0) is 17.1 Å². The van der Waals surface area contributed by atoms with E-state index in [0.717, 1.165) is 0 Å². The summed E-state index contributed by atoms with van der Waals surface area (Å²) < 4.78 is 0. The Balaban J connectivity index is 0.000000518. The van der Waals surface area contributed by atoms with Crippen molar-refractivity contribution in [2.75, 3.05) is 0 Å². The smallest absolute Gasteiger partial charge is 0.412 e. The maximum Gasteiger partial charge on any atom is 1.00 e. The third-order valence-corrected chi connectivity index (χ3v) is 16.5. The molecule has 2 N–H and O–H groups in total. The first-order valence-electron chi connectivity index (χ1n) is 17.5. The van der Waals surface area contributed by atoms with E-state index in [1.807, 2.05) is 6.07 Å². The molecule has 0 aliphatic rings. The molecule has 0 aliphatic heterocycles. The summed E-state index contributed by atoms with van der Waals surface area (Å²) >= 11 is 0. The van der Waals surface area contributed by atoms with Crippen LogP contribution in [0.1, 0.15) is 5.69 Å². The van der Waals surface area contributed by atoms with Gasteiger partial charge in [-0.15, -0.1) is 6.07 Å². The normalized spacial score (nSPS) is 10.4. The molecule has 0 unspecified atom stereocenters. The van der Waals surface area contributed by atoms with Crippen molar-refractivity contribution >= 4 is 71.5 Å². The summed E-state index contributed by atoms with van der Waals surface area (Å²) in [6.07, 6.45) is 8.27. The van der Waals surface area contributed by atoms with Crippen molar-refractivity contribution < 1.29 is 22.5 Å². The molecule has 2 nitrogen and oxygen atoms in total. The summed E-state index contributed by atoms with van der Waals surface area (Å²) in [5, 5.41) is 12.6. The van der Waals surface area contributed by atoms with Crippen LogP contribution in [0.15, 0.2) is 225 Å². The van der Waals surface area contributed by atoms with E-state index in [1.165, 1.54) is 47.7 Å². The predicted molar refractivity (Wildman–Crippen MR) is 237 cm³/mol. The molecular formula is C49H39CuNOP3. The van der Waals surface area contributed by atoms with Crippen molar-refractivity contribution in [2.24, 2.45) is 0 Å². The number of rotatable bonds is 9. The van der Waals surface area contributed by atoms with Crippen molar-refractivity contribution in [2.45, 2.75) is 0 Å². The Morgan fingerprint density at radius 3 is 0.836 bits per heavy atom.